The van der Waals surface area contributed by atoms with Gasteiger partial charge in [-0.2, -0.15) is 0 Å². The van der Waals surface area contributed by atoms with E-state index in [1.807, 2.05) is 44.2 Å². The van der Waals surface area contributed by atoms with Crippen LogP contribution in [0.3, 0.4) is 0 Å². The maximum Gasteiger partial charge on any atom is 0.258 e. The number of amides is 1. The highest BCUT2D eigenvalue weighted by molar-refractivity contribution is 6.04. The smallest absolute Gasteiger partial charge is 0.258 e. The average molecular weight is 322 g/mol. The Hall–Kier alpha value is -3.15. The van der Waals surface area contributed by atoms with E-state index < -0.39 is 0 Å². The van der Waals surface area contributed by atoms with Gasteiger partial charge in [0.1, 0.15) is 5.76 Å². The van der Waals surface area contributed by atoms with E-state index in [0.717, 1.165) is 22.6 Å². The molecule has 0 fully saturated rings. The number of carbonyl (C=O) groups is 1. The van der Waals surface area contributed by atoms with Crippen molar-refractivity contribution in [2.75, 3.05) is 10.6 Å². The maximum absolute atomic E-state index is 12.3. The largest absolute Gasteiger partial charge is 0.467 e. The van der Waals surface area contributed by atoms with Crippen LogP contribution in [0.1, 0.15) is 27.2 Å². The number of benzene rings is 1. The molecule has 2 heterocycles. The zero-order chi connectivity index (χ0) is 16.9. The number of anilines is 2. The maximum atomic E-state index is 12.3. The summed E-state index contributed by atoms with van der Waals surface area (Å²) in [5.41, 5.74) is 3.29. The third-order valence-corrected chi connectivity index (χ3v) is 3.56. The van der Waals surface area contributed by atoms with Crippen LogP contribution in [0.25, 0.3) is 0 Å². The topological polar surface area (TPSA) is 80.0 Å². The molecule has 1 aromatic carbocycles. The molecule has 0 saturated heterocycles. The van der Waals surface area contributed by atoms with Gasteiger partial charge in [-0.1, -0.05) is 12.1 Å². The molecule has 24 heavy (non-hydrogen) atoms. The summed E-state index contributed by atoms with van der Waals surface area (Å²) in [7, 11) is 0. The lowest BCUT2D eigenvalue weighted by Crippen LogP contribution is -2.14. The Bertz CT molecular complexity index is 827. The summed E-state index contributed by atoms with van der Waals surface area (Å²) in [4.78, 5) is 20.6. The van der Waals surface area contributed by atoms with Crippen molar-refractivity contribution in [1.82, 2.24) is 9.97 Å². The Labute approximate surface area is 140 Å². The van der Waals surface area contributed by atoms with E-state index in [4.69, 9.17) is 4.42 Å². The molecular formula is C18H18N4O2. The second-order valence-corrected chi connectivity index (χ2v) is 5.50. The predicted octanol–water partition coefficient (Wildman–Crippen LogP) is 3.55. The third-order valence-electron chi connectivity index (χ3n) is 3.56. The highest BCUT2D eigenvalue weighted by Crippen LogP contribution is 2.17. The van der Waals surface area contributed by atoms with Crippen LogP contribution in [0.4, 0.5) is 11.6 Å². The first-order chi connectivity index (χ1) is 11.6. The SMILES string of the molecule is Cc1ccc(C)c(NC(=O)c2cnc(NCc3ccco3)nc2)c1. The van der Waals surface area contributed by atoms with Crippen LogP contribution in [0.2, 0.25) is 0 Å². The summed E-state index contributed by atoms with van der Waals surface area (Å²) < 4.78 is 5.22. The fourth-order valence-electron chi connectivity index (χ4n) is 2.18. The molecule has 0 aliphatic heterocycles. The number of nitrogens with one attached hydrogen (secondary N) is 2. The van der Waals surface area contributed by atoms with E-state index >= 15 is 0 Å². The van der Waals surface area contributed by atoms with Gasteiger partial charge in [-0.25, -0.2) is 9.97 Å². The van der Waals surface area contributed by atoms with E-state index in [1.54, 1.807) is 6.26 Å². The van der Waals surface area contributed by atoms with Gasteiger partial charge in [-0.05, 0) is 43.2 Å². The molecule has 122 valence electrons. The molecule has 6 heteroatoms. The van der Waals surface area contributed by atoms with Crippen LogP contribution in [0.15, 0.2) is 53.4 Å². The first-order valence-electron chi connectivity index (χ1n) is 7.59. The summed E-state index contributed by atoms with van der Waals surface area (Å²) in [5.74, 6) is 0.992. The zero-order valence-corrected chi connectivity index (χ0v) is 13.5. The molecule has 0 spiro atoms. The normalized spacial score (nSPS) is 10.4. The minimum atomic E-state index is -0.235. The fourth-order valence-corrected chi connectivity index (χ4v) is 2.18. The second-order valence-electron chi connectivity index (χ2n) is 5.50. The van der Waals surface area contributed by atoms with Gasteiger partial charge in [0.25, 0.3) is 5.91 Å². The summed E-state index contributed by atoms with van der Waals surface area (Å²) in [6, 6.07) is 9.60. The molecule has 0 saturated carbocycles. The number of carbonyl (C=O) groups excluding carboxylic acids is 1. The molecule has 3 aromatic rings. The fraction of sp³-hybridized carbons (Fsp3) is 0.167. The van der Waals surface area contributed by atoms with Crippen molar-refractivity contribution in [3.63, 3.8) is 0 Å². The molecular weight excluding hydrogens is 304 g/mol. The Morgan fingerprint density at radius 1 is 1.17 bits per heavy atom. The van der Waals surface area contributed by atoms with Gasteiger partial charge in [-0.15, -0.1) is 0 Å². The number of aromatic nitrogens is 2. The van der Waals surface area contributed by atoms with Gasteiger partial charge in [0.15, 0.2) is 0 Å². The summed E-state index contributed by atoms with van der Waals surface area (Å²) in [5, 5.41) is 5.92. The van der Waals surface area contributed by atoms with Crippen LogP contribution >= 0.6 is 0 Å². The highest BCUT2D eigenvalue weighted by atomic mass is 16.3. The minimum absolute atomic E-state index is 0.235. The molecule has 0 radical (unpaired) electrons. The number of furan rings is 1. The lowest BCUT2D eigenvalue weighted by molar-refractivity contribution is 0.102. The van der Waals surface area contributed by atoms with Crippen molar-refractivity contribution < 1.29 is 9.21 Å². The molecule has 0 bridgehead atoms. The Kier molecular flexibility index (Phi) is 4.56. The Morgan fingerprint density at radius 3 is 2.67 bits per heavy atom. The monoisotopic (exact) mass is 322 g/mol. The number of hydrogen-bond acceptors (Lipinski definition) is 5. The summed E-state index contributed by atoms with van der Waals surface area (Å²) in [6.07, 6.45) is 4.61. The van der Waals surface area contributed by atoms with E-state index in [-0.39, 0.29) is 5.91 Å². The molecule has 0 aliphatic carbocycles. The molecule has 0 atom stereocenters. The average Bonchev–Trinajstić information content (AvgIpc) is 3.10. The van der Waals surface area contributed by atoms with Crippen molar-refractivity contribution >= 4 is 17.5 Å². The third kappa shape index (κ3) is 3.78. The second kappa shape index (κ2) is 6.95. The standard InChI is InChI=1S/C18H18N4O2/c1-12-5-6-13(2)16(8-12)22-17(23)14-9-19-18(20-10-14)21-11-15-4-3-7-24-15/h3-10H,11H2,1-2H3,(H,22,23)(H,19,20,21). The first-order valence-corrected chi connectivity index (χ1v) is 7.59. The molecule has 2 aromatic heterocycles. The van der Waals surface area contributed by atoms with E-state index in [9.17, 15) is 4.79 Å². The van der Waals surface area contributed by atoms with E-state index in [0.29, 0.717) is 18.1 Å². The number of rotatable bonds is 5. The van der Waals surface area contributed by atoms with Crippen LogP contribution in [0, 0.1) is 13.8 Å². The quantitative estimate of drug-likeness (QED) is 0.751. The van der Waals surface area contributed by atoms with Crippen LogP contribution < -0.4 is 10.6 Å². The molecule has 0 unspecified atom stereocenters. The van der Waals surface area contributed by atoms with Crippen LogP contribution in [0.5, 0.6) is 0 Å². The number of aryl methyl sites for hydroxylation is 2. The zero-order valence-electron chi connectivity index (χ0n) is 13.5. The predicted molar refractivity (Wildman–Crippen MR) is 91.9 cm³/mol. The van der Waals surface area contributed by atoms with Gasteiger partial charge >= 0.3 is 0 Å². The van der Waals surface area contributed by atoms with Crippen molar-refractivity contribution in [1.29, 1.82) is 0 Å². The minimum Gasteiger partial charge on any atom is -0.467 e. The van der Waals surface area contributed by atoms with E-state index in [2.05, 4.69) is 20.6 Å². The van der Waals surface area contributed by atoms with Gasteiger partial charge in [0.2, 0.25) is 5.95 Å². The molecule has 3 rings (SSSR count). The molecule has 6 nitrogen and oxygen atoms in total. The van der Waals surface area contributed by atoms with Gasteiger partial charge in [-0.3, -0.25) is 4.79 Å². The number of hydrogen-bond donors (Lipinski definition) is 2. The molecule has 1 amide bonds. The van der Waals surface area contributed by atoms with Crippen LogP contribution in [-0.4, -0.2) is 15.9 Å². The van der Waals surface area contributed by atoms with Crippen LogP contribution in [-0.2, 0) is 6.54 Å². The molecule has 0 aliphatic rings. The van der Waals surface area contributed by atoms with Gasteiger partial charge in [0, 0.05) is 18.1 Å². The number of nitrogens with zero attached hydrogens (tertiary/aromatic N) is 2. The summed E-state index contributed by atoms with van der Waals surface area (Å²) in [6.45, 7) is 4.42. The van der Waals surface area contributed by atoms with Crippen molar-refractivity contribution in [3.05, 3.63) is 71.4 Å². The molecule has 2 N–H and O–H groups in total. The van der Waals surface area contributed by atoms with Crippen molar-refractivity contribution in [2.45, 2.75) is 20.4 Å². The Balaban J connectivity index is 1.64. The summed E-state index contributed by atoms with van der Waals surface area (Å²) >= 11 is 0. The van der Waals surface area contributed by atoms with Crippen molar-refractivity contribution in [3.8, 4) is 0 Å². The van der Waals surface area contributed by atoms with Gasteiger partial charge < -0.3 is 15.1 Å². The Morgan fingerprint density at radius 2 is 1.96 bits per heavy atom. The van der Waals surface area contributed by atoms with E-state index in [1.165, 1.54) is 12.4 Å². The van der Waals surface area contributed by atoms with Gasteiger partial charge in [0.05, 0.1) is 18.4 Å². The first kappa shape index (κ1) is 15.7. The lowest BCUT2D eigenvalue weighted by atomic mass is 10.1. The van der Waals surface area contributed by atoms with Crippen molar-refractivity contribution in [2.24, 2.45) is 0 Å². The highest BCUT2D eigenvalue weighted by Gasteiger charge is 2.09. The lowest BCUT2D eigenvalue weighted by Gasteiger charge is -2.09.